The van der Waals surface area contributed by atoms with Gasteiger partial charge in [-0.1, -0.05) is 0 Å². The molecule has 22 heavy (non-hydrogen) atoms. The number of carbonyl (C=O) groups is 1. The fourth-order valence-electron chi connectivity index (χ4n) is 2.82. The van der Waals surface area contributed by atoms with E-state index >= 15 is 0 Å². The van der Waals surface area contributed by atoms with Crippen LogP contribution in [-0.4, -0.2) is 38.7 Å². The average Bonchev–Trinajstić information content (AvgIpc) is 3.23. The summed E-state index contributed by atoms with van der Waals surface area (Å²) in [5, 5.41) is 12.3. The highest BCUT2D eigenvalue weighted by molar-refractivity contribution is 7.08. The number of nitrogens with zero attached hydrogens (tertiary/aromatic N) is 4. The van der Waals surface area contributed by atoms with E-state index in [0.717, 1.165) is 43.9 Å². The van der Waals surface area contributed by atoms with Crippen LogP contribution in [0.25, 0.3) is 6.08 Å². The molecule has 1 fully saturated rings. The Balaban J connectivity index is 1.56. The molecule has 0 bridgehead atoms. The summed E-state index contributed by atoms with van der Waals surface area (Å²) < 4.78 is 2.10. The van der Waals surface area contributed by atoms with Gasteiger partial charge in [-0.05, 0) is 48.2 Å². The topological polar surface area (TPSA) is 51.0 Å². The van der Waals surface area contributed by atoms with Gasteiger partial charge in [0.25, 0.3) is 0 Å². The van der Waals surface area contributed by atoms with Crippen molar-refractivity contribution in [3.63, 3.8) is 0 Å². The van der Waals surface area contributed by atoms with Crippen LogP contribution in [0.3, 0.4) is 0 Å². The second kappa shape index (κ2) is 6.87. The van der Waals surface area contributed by atoms with Crippen LogP contribution in [0.5, 0.6) is 0 Å². The van der Waals surface area contributed by atoms with Crippen LogP contribution in [0.2, 0.25) is 0 Å². The number of hydrogen-bond acceptors (Lipinski definition) is 4. The first-order valence-electron chi connectivity index (χ1n) is 7.65. The molecule has 0 aromatic carbocycles. The van der Waals surface area contributed by atoms with Crippen LogP contribution in [0.1, 0.15) is 37.1 Å². The van der Waals surface area contributed by atoms with E-state index in [1.54, 1.807) is 23.7 Å². The summed E-state index contributed by atoms with van der Waals surface area (Å²) in [6, 6.07) is 2.01. The molecule has 1 amide bonds. The van der Waals surface area contributed by atoms with Gasteiger partial charge >= 0.3 is 0 Å². The largest absolute Gasteiger partial charge is 0.339 e. The Morgan fingerprint density at radius 3 is 2.95 bits per heavy atom. The van der Waals surface area contributed by atoms with Gasteiger partial charge < -0.3 is 9.47 Å². The Hall–Kier alpha value is -1.95. The van der Waals surface area contributed by atoms with Crippen LogP contribution in [0.15, 0.2) is 29.2 Å². The summed E-state index contributed by atoms with van der Waals surface area (Å²) in [4.78, 5) is 14.1. The molecule has 5 nitrogen and oxygen atoms in total. The molecule has 0 atom stereocenters. The zero-order valence-electron chi connectivity index (χ0n) is 12.7. The molecule has 2 aromatic heterocycles. The van der Waals surface area contributed by atoms with Gasteiger partial charge in [-0.3, -0.25) is 4.79 Å². The summed E-state index contributed by atoms with van der Waals surface area (Å²) >= 11 is 1.64. The van der Waals surface area contributed by atoms with Crippen molar-refractivity contribution in [2.75, 3.05) is 13.1 Å². The van der Waals surface area contributed by atoms with Gasteiger partial charge in [0.15, 0.2) is 0 Å². The van der Waals surface area contributed by atoms with Crippen molar-refractivity contribution in [2.45, 2.75) is 32.2 Å². The lowest BCUT2D eigenvalue weighted by Crippen LogP contribution is -2.37. The number of rotatable bonds is 4. The molecule has 0 aliphatic carbocycles. The fraction of sp³-hybridized carbons (Fsp3) is 0.438. The lowest BCUT2D eigenvalue weighted by molar-refractivity contribution is -0.127. The number of hydrogen-bond donors (Lipinski definition) is 0. The Kier molecular flexibility index (Phi) is 4.68. The van der Waals surface area contributed by atoms with Crippen molar-refractivity contribution < 1.29 is 4.79 Å². The predicted octanol–water partition coefficient (Wildman–Crippen LogP) is 2.78. The minimum Gasteiger partial charge on any atom is -0.339 e. The monoisotopic (exact) mass is 316 g/mol. The average molecular weight is 316 g/mol. The summed E-state index contributed by atoms with van der Waals surface area (Å²) in [7, 11) is 0. The van der Waals surface area contributed by atoms with Gasteiger partial charge in [0.1, 0.15) is 12.2 Å². The summed E-state index contributed by atoms with van der Waals surface area (Å²) in [5.41, 5.74) is 1.09. The summed E-state index contributed by atoms with van der Waals surface area (Å²) in [6.07, 6.45) is 7.26. The zero-order chi connectivity index (χ0) is 15.4. The van der Waals surface area contributed by atoms with Gasteiger partial charge in [-0.2, -0.15) is 11.3 Å². The summed E-state index contributed by atoms with van der Waals surface area (Å²) in [5.74, 6) is 1.57. The van der Waals surface area contributed by atoms with Crippen LogP contribution in [0, 0.1) is 0 Å². The highest BCUT2D eigenvalue weighted by Crippen LogP contribution is 2.26. The molecular formula is C16H20N4OS. The Labute approximate surface area is 134 Å². The molecule has 116 valence electrons. The minimum absolute atomic E-state index is 0.0987. The maximum absolute atomic E-state index is 12.2. The van der Waals surface area contributed by atoms with Gasteiger partial charge in [-0.25, -0.2) is 0 Å². The molecular weight excluding hydrogens is 296 g/mol. The smallest absolute Gasteiger partial charge is 0.246 e. The molecule has 0 spiro atoms. The minimum atomic E-state index is 0.0987. The molecule has 0 saturated carbocycles. The normalized spacial score (nSPS) is 16.5. The van der Waals surface area contributed by atoms with E-state index in [1.165, 1.54) is 0 Å². The van der Waals surface area contributed by atoms with E-state index in [0.29, 0.717) is 5.92 Å². The number of thiophene rings is 1. The molecule has 1 aliphatic rings. The number of amides is 1. The molecule has 1 saturated heterocycles. The van der Waals surface area contributed by atoms with Crippen molar-refractivity contribution >= 4 is 23.3 Å². The van der Waals surface area contributed by atoms with E-state index in [4.69, 9.17) is 0 Å². The second-order valence-corrected chi connectivity index (χ2v) is 6.24. The molecule has 1 aliphatic heterocycles. The third kappa shape index (κ3) is 3.27. The maximum Gasteiger partial charge on any atom is 0.246 e. The van der Waals surface area contributed by atoms with E-state index in [9.17, 15) is 4.79 Å². The standard InChI is InChI=1S/C16H20N4OS/c1-2-19-12-17-18-16(19)14-5-8-20(9-6-14)15(21)4-3-13-7-10-22-11-13/h3-4,7,10-12,14H,2,5-6,8-9H2,1H3/b4-3+. The van der Waals surface area contributed by atoms with Crippen LogP contribution in [0.4, 0.5) is 0 Å². The molecule has 3 heterocycles. The number of likely N-dealkylation sites (tertiary alicyclic amines) is 1. The SMILES string of the molecule is CCn1cnnc1C1CCN(C(=O)/C=C/c2ccsc2)CC1. The Morgan fingerprint density at radius 1 is 1.45 bits per heavy atom. The van der Waals surface area contributed by atoms with Crippen molar-refractivity contribution in [3.8, 4) is 0 Å². The van der Waals surface area contributed by atoms with Gasteiger partial charge in [0.05, 0.1) is 0 Å². The lowest BCUT2D eigenvalue weighted by Gasteiger charge is -2.30. The lowest BCUT2D eigenvalue weighted by atomic mass is 9.96. The molecule has 0 radical (unpaired) electrons. The van der Waals surface area contributed by atoms with E-state index < -0.39 is 0 Å². The van der Waals surface area contributed by atoms with Gasteiger partial charge in [0.2, 0.25) is 5.91 Å². The molecule has 0 unspecified atom stereocenters. The van der Waals surface area contributed by atoms with E-state index in [-0.39, 0.29) is 5.91 Å². The quantitative estimate of drug-likeness (QED) is 0.815. The Morgan fingerprint density at radius 2 is 2.27 bits per heavy atom. The number of aromatic nitrogens is 3. The fourth-order valence-corrected chi connectivity index (χ4v) is 3.45. The predicted molar refractivity (Wildman–Crippen MR) is 87.6 cm³/mol. The first-order valence-corrected chi connectivity index (χ1v) is 8.59. The molecule has 3 rings (SSSR count). The zero-order valence-corrected chi connectivity index (χ0v) is 13.5. The van der Waals surface area contributed by atoms with Crippen molar-refractivity contribution in [1.82, 2.24) is 19.7 Å². The first kappa shape index (κ1) is 15.0. The van der Waals surface area contributed by atoms with Crippen LogP contribution >= 0.6 is 11.3 Å². The Bertz CT molecular complexity index is 639. The number of aryl methyl sites for hydroxylation is 1. The number of carbonyl (C=O) groups excluding carboxylic acids is 1. The second-order valence-electron chi connectivity index (χ2n) is 5.46. The third-order valence-corrected chi connectivity index (χ3v) is 4.82. The summed E-state index contributed by atoms with van der Waals surface area (Å²) in [6.45, 7) is 4.56. The molecule has 6 heteroatoms. The highest BCUT2D eigenvalue weighted by Gasteiger charge is 2.25. The van der Waals surface area contributed by atoms with Gasteiger partial charge in [-0.15, -0.1) is 10.2 Å². The van der Waals surface area contributed by atoms with Crippen molar-refractivity contribution in [2.24, 2.45) is 0 Å². The van der Waals surface area contributed by atoms with E-state index in [2.05, 4.69) is 21.7 Å². The highest BCUT2D eigenvalue weighted by atomic mass is 32.1. The van der Waals surface area contributed by atoms with E-state index in [1.807, 2.05) is 27.8 Å². The first-order chi connectivity index (χ1) is 10.8. The van der Waals surface area contributed by atoms with Crippen molar-refractivity contribution in [3.05, 3.63) is 40.6 Å². The van der Waals surface area contributed by atoms with Crippen LogP contribution < -0.4 is 0 Å². The van der Waals surface area contributed by atoms with Crippen molar-refractivity contribution in [1.29, 1.82) is 0 Å². The maximum atomic E-state index is 12.2. The third-order valence-electron chi connectivity index (χ3n) is 4.12. The molecule has 2 aromatic rings. The number of piperidine rings is 1. The van der Waals surface area contributed by atoms with Crippen LogP contribution in [-0.2, 0) is 11.3 Å². The van der Waals surface area contributed by atoms with Gasteiger partial charge in [0, 0.05) is 31.6 Å². The molecule has 0 N–H and O–H groups in total.